The van der Waals surface area contributed by atoms with Crippen LogP contribution in [0.2, 0.25) is 5.02 Å². The number of rotatable bonds is 3. The van der Waals surface area contributed by atoms with Crippen molar-refractivity contribution in [3.63, 3.8) is 0 Å². The molecule has 110 valence electrons. The van der Waals surface area contributed by atoms with Crippen molar-refractivity contribution in [2.75, 3.05) is 21.9 Å². The number of hydrogen-bond acceptors (Lipinski definition) is 3. The summed E-state index contributed by atoms with van der Waals surface area (Å²) in [6.07, 6.45) is 0.585. The van der Waals surface area contributed by atoms with Crippen LogP contribution in [0.15, 0.2) is 18.2 Å². The molecule has 0 aromatic heterocycles. The van der Waals surface area contributed by atoms with Crippen molar-refractivity contribution >= 4 is 38.9 Å². The number of nitrogens with one attached hydrogen (secondary N) is 1. The monoisotopic (exact) mass is 316 g/mol. The van der Waals surface area contributed by atoms with Gasteiger partial charge in [0.15, 0.2) is 0 Å². The van der Waals surface area contributed by atoms with E-state index in [-0.39, 0.29) is 17.6 Å². The summed E-state index contributed by atoms with van der Waals surface area (Å²) in [6, 6.07) is 4.86. The molecule has 0 bridgehead atoms. The minimum atomic E-state index is -3.29. The molecule has 1 amide bonds. The van der Waals surface area contributed by atoms with Crippen LogP contribution in [0.3, 0.4) is 0 Å². The van der Waals surface area contributed by atoms with E-state index >= 15 is 0 Å². The molecule has 7 heteroatoms. The fraction of sp³-hybridized carbons (Fsp3) is 0.462. The van der Waals surface area contributed by atoms with Crippen LogP contribution in [0.5, 0.6) is 0 Å². The largest absolute Gasteiger partial charge is 0.326 e. The van der Waals surface area contributed by atoms with Crippen LogP contribution >= 0.6 is 11.6 Å². The summed E-state index contributed by atoms with van der Waals surface area (Å²) in [5, 5.41) is 3.10. The topological polar surface area (TPSA) is 66.5 Å². The van der Waals surface area contributed by atoms with Crippen LogP contribution in [0.1, 0.15) is 20.3 Å². The fourth-order valence-corrected chi connectivity index (χ4v) is 3.82. The number of nitrogens with zero attached hydrogens (tertiary/aromatic N) is 1. The lowest BCUT2D eigenvalue weighted by Crippen LogP contribution is -2.25. The molecular formula is C13H17ClN2O3S. The third-order valence-electron chi connectivity index (χ3n) is 3.11. The van der Waals surface area contributed by atoms with Crippen molar-refractivity contribution < 1.29 is 13.2 Å². The number of halogens is 1. The Morgan fingerprint density at radius 3 is 2.65 bits per heavy atom. The first-order chi connectivity index (χ1) is 9.31. The van der Waals surface area contributed by atoms with Gasteiger partial charge in [-0.15, -0.1) is 0 Å². The molecular weight excluding hydrogens is 300 g/mol. The maximum Gasteiger partial charge on any atom is 0.235 e. The number of carbonyl (C=O) groups is 1. The van der Waals surface area contributed by atoms with Gasteiger partial charge in [-0.3, -0.25) is 9.10 Å². The van der Waals surface area contributed by atoms with E-state index in [1.807, 2.05) is 0 Å². The number of amides is 1. The fourth-order valence-electron chi connectivity index (χ4n) is 1.98. The molecule has 1 aliphatic heterocycles. The van der Waals surface area contributed by atoms with Crippen molar-refractivity contribution in [3.05, 3.63) is 23.2 Å². The van der Waals surface area contributed by atoms with Crippen LogP contribution < -0.4 is 9.62 Å². The van der Waals surface area contributed by atoms with Crippen molar-refractivity contribution in [2.24, 2.45) is 5.92 Å². The van der Waals surface area contributed by atoms with Crippen LogP contribution in [0, 0.1) is 5.92 Å². The van der Waals surface area contributed by atoms with Crippen LogP contribution in [-0.4, -0.2) is 26.6 Å². The average molecular weight is 317 g/mol. The Labute approximate surface area is 124 Å². The number of sulfonamides is 1. The minimum absolute atomic E-state index is 0.123. The molecule has 2 rings (SSSR count). The lowest BCUT2D eigenvalue weighted by molar-refractivity contribution is -0.118. The summed E-state index contributed by atoms with van der Waals surface area (Å²) in [4.78, 5) is 11.7. The molecule has 5 nitrogen and oxygen atoms in total. The van der Waals surface area contributed by atoms with E-state index < -0.39 is 10.0 Å². The van der Waals surface area contributed by atoms with Crippen molar-refractivity contribution in [2.45, 2.75) is 20.3 Å². The van der Waals surface area contributed by atoms with E-state index in [0.29, 0.717) is 29.4 Å². The van der Waals surface area contributed by atoms with Gasteiger partial charge in [0.1, 0.15) is 0 Å². The van der Waals surface area contributed by atoms with E-state index in [9.17, 15) is 13.2 Å². The second-order valence-corrected chi connectivity index (χ2v) is 7.47. The molecule has 1 aromatic carbocycles. The number of anilines is 2. The van der Waals surface area contributed by atoms with Gasteiger partial charge in [-0.1, -0.05) is 25.4 Å². The summed E-state index contributed by atoms with van der Waals surface area (Å²) in [7, 11) is -3.29. The first kappa shape index (κ1) is 15.1. The second-order valence-electron chi connectivity index (χ2n) is 5.05. The van der Waals surface area contributed by atoms with Crippen molar-refractivity contribution in [1.29, 1.82) is 0 Å². The van der Waals surface area contributed by atoms with Gasteiger partial charge in [0.25, 0.3) is 0 Å². The van der Waals surface area contributed by atoms with E-state index in [1.54, 1.807) is 32.0 Å². The number of benzene rings is 1. The average Bonchev–Trinajstić information content (AvgIpc) is 2.71. The predicted octanol–water partition coefficient (Wildman–Crippen LogP) is 2.47. The molecule has 1 aliphatic rings. The highest BCUT2D eigenvalue weighted by Gasteiger charge is 2.30. The Morgan fingerprint density at radius 1 is 1.40 bits per heavy atom. The van der Waals surface area contributed by atoms with Gasteiger partial charge in [-0.05, 0) is 24.6 Å². The van der Waals surface area contributed by atoms with Crippen molar-refractivity contribution in [3.8, 4) is 0 Å². The van der Waals surface area contributed by atoms with Crippen molar-refractivity contribution in [1.82, 2.24) is 0 Å². The zero-order valence-corrected chi connectivity index (χ0v) is 13.0. The molecule has 0 spiro atoms. The van der Waals surface area contributed by atoms with Gasteiger partial charge >= 0.3 is 0 Å². The molecule has 1 heterocycles. The summed E-state index contributed by atoms with van der Waals surface area (Å²) in [6.45, 7) is 4.00. The molecule has 1 aromatic rings. The molecule has 1 N–H and O–H groups in total. The van der Waals surface area contributed by atoms with Gasteiger partial charge < -0.3 is 5.32 Å². The van der Waals surface area contributed by atoms with Crippen LogP contribution in [-0.2, 0) is 14.8 Å². The molecule has 1 fully saturated rings. The molecule has 0 atom stereocenters. The smallest absolute Gasteiger partial charge is 0.235 e. The number of hydrogen-bond donors (Lipinski definition) is 1. The van der Waals surface area contributed by atoms with Gasteiger partial charge in [-0.2, -0.15) is 0 Å². The lowest BCUT2D eigenvalue weighted by Gasteiger charge is -2.19. The quantitative estimate of drug-likeness (QED) is 0.931. The van der Waals surface area contributed by atoms with Crippen LogP contribution in [0.25, 0.3) is 0 Å². The van der Waals surface area contributed by atoms with E-state index in [1.165, 1.54) is 4.31 Å². The molecule has 1 saturated heterocycles. The molecule has 0 radical (unpaired) electrons. The minimum Gasteiger partial charge on any atom is -0.326 e. The summed E-state index contributed by atoms with van der Waals surface area (Å²) in [5.74, 6) is -0.140. The molecule has 0 saturated carbocycles. The zero-order chi connectivity index (χ0) is 14.9. The lowest BCUT2D eigenvalue weighted by atomic mass is 10.2. The first-order valence-electron chi connectivity index (χ1n) is 6.42. The highest BCUT2D eigenvalue weighted by molar-refractivity contribution is 7.93. The Balaban J connectivity index is 2.32. The van der Waals surface area contributed by atoms with Gasteiger partial charge in [0.05, 0.1) is 16.5 Å². The Morgan fingerprint density at radius 2 is 2.10 bits per heavy atom. The highest BCUT2D eigenvalue weighted by atomic mass is 35.5. The third kappa shape index (κ3) is 3.07. The maximum atomic E-state index is 11.9. The summed E-state index contributed by atoms with van der Waals surface area (Å²) >= 11 is 6.08. The second kappa shape index (κ2) is 5.61. The zero-order valence-electron chi connectivity index (χ0n) is 11.4. The first-order valence-corrected chi connectivity index (χ1v) is 8.41. The van der Waals surface area contributed by atoms with Gasteiger partial charge in [0, 0.05) is 18.2 Å². The number of carbonyl (C=O) groups excluding carboxylic acids is 1. The SMILES string of the molecule is CC(C)C(=O)Nc1ccc(Cl)c(N2CCCS2(=O)=O)c1. The highest BCUT2D eigenvalue weighted by Crippen LogP contribution is 2.33. The predicted molar refractivity (Wildman–Crippen MR) is 80.7 cm³/mol. The van der Waals surface area contributed by atoms with E-state index in [2.05, 4.69) is 5.32 Å². The Kier molecular flexibility index (Phi) is 4.25. The molecule has 20 heavy (non-hydrogen) atoms. The van der Waals surface area contributed by atoms with E-state index in [4.69, 9.17) is 11.6 Å². The summed E-state index contributed by atoms with van der Waals surface area (Å²) in [5.41, 5.74) is 0.968. The standard InChI is InChI=1S/C13H17ClN2O3S/c1-9(2)13(17)15-10-4-5-11(14)12(8-10)16-6-3-7-20(16,18)19/h4-5,8-9H,3,6-7H2,1-2H3,(H,15,17). The maximum absolute atomic E-state index is 11.9. The molecule has 0 aliphatic carbocycles. The third-order valence-corrected chi connectivity index (χ3v) is 5.28. The normalized spacial score (nSPS) is 17.5. The van der Waals surface area contributed by atoms with Gasteiger partial charge in [0.2, 0.25) is 15.9 Å². The van der Waals surface area contributed by atoms with E-state index in [0.717, 1.165) is 0 Å². The Bertz CT molecular complexity index is 629. The van der Waals surface area contributed by atoms with Crippen LogP contribution in [0.4, 0.5) is 11.4 Å². The van der Waals surface area contributed by atoms with Gasteiger partial charge in [-0.25, -0.2) is 8.42 Å². The Hall–Kier alpha value is -1.27. The summed E-state index contributed by atoms with van der Waals surface area (Å²) < 4.78 is 25.2. The molecule has 0 unspecified atom stereocenters.